The zero-order valence-electron chi connectivity index (χ0n) is 11.0. The molecule has 0 bridgehead atoms. The van der Waals surface area contributed by atoms with E-state index in [1.165, 1.54) is 4.88 Å². The SMILES string of the molecule is CCOC(C)(CC)C(Cc1sccc1Cl)NC. The molecule has 0 fully saturated rings. The second-order valence-electron chi connectivity index (χ2n) is 4.34. The van der Waals surface area contributed by atoms with Crippen molar-refractivity contribution in [3.8, 4) is 0 Å². The number of nitrogens with one attached hydrogen (secondary N) is 1. The first-order valence-corrected chi connectivity index (χ1v) is 7.36. The van der Waals surface area contributed by atoms with Crippen LogP contribution in [0.2, 0.25) is 5.02 Å². The molecule has 0 spiro atoms. The number of hydrogen-bond donors (Lipinski definition) is 1. The predicted octanol–water partition coefficient (Wildman–Crippen LogP) is 3.74. The van der Waals surface area contributed by atoms with Crippen molar-refractivity contribution >= 4 is 22.9 Å². The number of halogens is 1. The molecule has 98 valence electrons. The third kappa shape index (κ3) is 3.68. The van der Waals surface area contributed by atoms with Crippen molar-refractivity contribution in [3.63, 3.8) is 0 Å². The summed E-state index contributed by atoms with van der Waals surface area (Å²) in [5.41, 5.74) is -0.142. The molecule has 0 amide bonds. The molecule has 2 atom stereocenters. The largest absolute Gasteiger partial charge is 0.374 e. The van der Waals surface area contributed by atoms with E-state index >= 15 is 0 Å². The average molecular weight is 276 g/mol. The summed E-state index contributed by atoms with van der Waals surface area (Å²) in [4.78, 5) is 1.23. The molecule has 2 unspecified atom stereocenters. The lowest BCUT2D eigenvalue weighted by Crippen LogP contribution is -2.50. The van der Waals surface area contributed by atoms with Gasteiger partial charge in [0.2, 0.25) is 0 Å². The van der Waals surface area contributed by atoms with Crippen LogP contribution in [0, 0.1) is 0 Å². The standard InChI is InChI=1S/C13H22ClNOS/c1-5-13(3,16-6-2)12(15-4)9-11-10(14)7-8-17-11/h7-8,12,15H,5-6,9H2,1-4H3. The summed E-state index contributed by atoms with van der Waals surface area (Å²) in [6, 6.07) is 2.24. The van der Waals surface area contributed by atoms with E-state index in [0.29, 0.717) is 0 Å². The molecule has 1 heterocycles. The second kappa shape index (κ2) is 6.74. The zero-order chi connectivity index (χ0) is 12.9. The Labute approximate surface area is 113 Å². The van der Waals surface area contributed by atoms with Crippen molar-refractivity contribution in [3.05, 3.63) is 21.3 Å². The van der Waals surface area contributed by atoms with Gasteiger partial charge in [-0.15, -0.1) is 11.3 Å². The van der Waals surface area contributed by atoms with Crippen molar-refractivity contribution in [2.24, 2.45) is 0 Å². The molecule has 0 aromatic carbocycles. The van der Waals surface area contributed by atoms with Gasteiger partial charge >= 0.3 is 0 Å². The molecule has 1 aromatic rings. The Morgan fingerprint density at radius 1 is 1.53 bits per heavy atom. The fourth-order valence-electron chi connectivity index (χ4n) is 2.06. The first-order valence-electron chi connectivity index (χ1n) is 6.10. The Hall–Kier alpha value is -0.0900. The fraction of sp³-hybridized carbons (Fsp3) is 0.692. The van der Waals surface area contributed by atoms with E-state index in [1.54, 1.807) is 11.3 Å². The van der Waals surface area contributed by atoms with E-state index in [-0.39, 0.29) is 11.6 Å². The van der Waals surface area contributed by atoms with Gasteiger partial charge < -0.3 is 10.1 Å². The Balaban J connectivity index is 2.80. The van der Waals surface area contributed by atoms with Crippen LogP contribution in [0.3, 0.4) is 0 Å². The molecular formula is C13H22ClNOS. The van der Waals surface area contributed by atoms with E-state index in [9.17, 15) is 0 Å². The minimum atomic E-state index is -0.142. The van der Waals surface area contributed by atoms with Crippen molar-refractivity contribution in [1.82, 2.24) is 5.32 Å². The molecule has 1 rings (SSSR count). The number of likely N-dealkylation sites (N-methyl/N-ethyl adjacent to an activating group) is 1. The van der Waals surface area contributed by atoms with E-state index in [1.807, 2.05) is 25.4 Å². The predicted molar refractivity (Wildman–Crippen MR) is 76.2 cm³/mol. The molecule has 0 aliphatic carbocycles. The molecule has 0 radical (unpaired) electrons. The van der Waals surface area contributed by atoms with Crippen LogP contribution < -0.4 is 5.32 Å². The maximum Gasteiger partial charge on any atom is 0.0807 e. The fourth-order valence-corrected chi connectivity index (χ4v) is 3.22. The van der Waals surface area contributed by atoms with Crippen LogP contribution >= 0.6 is 22.9 Å². The molecular weight excluding hydrogens is 254 g/mol. The van der Waals surface area contributed by atoms with Gasteiger partial charge in [0, 0.05) is 23.9 Å². The Morgan fingerprint density at radius 2 is 2.24 bits per heavy atom. The van der Waals surface area contributed by atoms with E-state index in [0.717, 1.165) is 24.5 Å². The van der Waals surface area contributed by atoms with Gasteiger partial charge in [-0.25, -0.2) is 0 Å². The summed E-state index contributed by atoms with van der Waals surface area (Å²) in [6.45, 7) is 7.11. The Bertz CT molecular complexity index is 342. The van der Waals surface area contributed by atoms with Gasteiger partial charge in [-0.05, 0) is 38.8 Å². The highest BCUT2D eigenvalue weighted by molar-refractivity contribution is 7.10. The van der Waals surface area contributed by atoms with Gasteiger partial charge in [-0.3, -0.25) is 0 Å². The quantitative estimate of drug-likeness (QED) is 0.819. The molecule has 4 heteroatoms. The molecule has 1 N–H and O–H groups in total. The van der Waals surface area contributed by atoms with Gasteiger partial charge in [-0.2, -0.15) is 0 Å². The highest BCUT2D eigenvalue weighted by Crippen LogP contribution is 2.28. The molecule has 0 saturated carbocycles. The monoisotopic (exact) mass is 275 g/mol. The smallest absolute Gasteiger partial charge is 0.0807 e. The Morgan fingerprint density at radius 3 is 2.65 bits per heavy atom. The van der Waals surface area contributed by atoms with Crippen LogP contribution in [0.25, 0.3) is 0 Å². The lowest BCUT2D eigenvalue weighted by molar-refractivity contribution is -0.0532. The maximum atomic E-state index is 6.15. The summed E-state index contributed by atoms with van der Waals surface area (Å²) in [5.74, 6) is 0. The van der Waals surface area contributed by atoms with Crippen molar-refractivity contribution in [1.29, 1.82) is 0 Å². The third-order valence-electron chi connectivity index (χ3n) is 3.34. The minimum Gasteiger partial charge on any atom is -0.374 e. The van der Waals surface area contributed by atoms with Crippen LogP contribution in [-0.4, -0.2) is 25.3 Å². The number of hydrogen-bond acceptors (Lipinski definition) is 3. The van der Waals surface area contributed by atoms with Gasteiger partial charge in [0.1, 0.15) is 0 Å². The lowest BCUT2D eigenvalue weighted by Gasteiger charge is -2.36. The van der Waals surface area contributed by atoms with Gasteiger partial charge in [0.15, 0.2) is 0 Å². The van der Waals surface area contributed by atoms with Crippen molar-refractivity contribution < 1.29 is 4.74 Å². The molecule has 2 nitrogen and oxygen atoms in total. The van der Waals surface area contributed by atoms with Crippen LogP contribution in [0.5, 0.6) is 0 Å². The average Bonchev–Trinajstić information content (AvgIpc) is 2.72. The summed E-state index contributed by atoms with van der Waals surface area (Å²) in [6.07, 6.45) is 1.90. The van der Waals surface area contributed by atoms with Crippen LogP contribution in [0.15, 0.2) is 11.4 Å². The second-order valence-corrected chi connectivity index (χ2v) is 5.74. The Kier molecular flexibility index (Phi) is 5.93. The van der Waals surface area contributed by atoms with Gasteiger partial charge in [0.05, 0.1) is 10.6 Å². The van der Waals surface area contributed by atoms with Crippen LogP contribution in [0.1, 0.15) is 32.1 Å². The third-order valence-corrected chi connectivity index (χ3v) is 4.75. The van der Waals surface area contributed by atoms with Gasteiger partial charge in [0.25, 0.3) is 0 Å². The summed E-state index contributed by atoms with van der Waals surface area (Å²) >= 11 is 7.86. The van der Waals surface area contributed by atoms with Crippen LogP contribution in [-0.2, 0) is 11.2 Å². The highest BCUT2D eigenvalue weighted by Gasteiger charge is 2.32. The molecule has 0 saturated heterocycles. The van der Waals surface area contributed by atoms with Crippen LogP contribution in [0.4, 0.5) is 0 Å². The summed E-state index contributed by atoms with van der Waals surface area (Å²) < 4.78 is 5.92. The molecule has 1 aromatic heterocycles. The summed E-state index contributed by atoms with van der Waals surface area (Å²) in [5, 5.41) is 6.27. The number of ether oxygens (including phenoxy) is 1. The van der Waals surface area contributed by atoms with E-state index in [4.69, 9.17) is 16.3 Å². The van der Waals surface area contributed by atoms with Crippen molar-refractivity contribution in [2.45, 2.75) is 45.3 Å². The normalized spacial score (nSPS) is 16.8. The highest BCUT2D eigenvalue weighted by atomic mass is 35.5. The van der Waals surface area contributed by atoms with Crippen molar-refractivity contribution in [2.75, 3.05) is 13.7 Å². The molecule has 0 aliphatic rings. The molecule has 0 aliphatic heterocycles. The number of thiophene rings is 1. The first-order chi connectivity index (χ1) is 8.07. The van der Waals surface area contributed by atoms with E-state index in [2.05, 4.69) is 19.2 Å². The zero-order valence-corrected chi connectivity index (χ0v) is 12.6. The topological polar surface area (TPSA) is 21.3 Å². The maximum absolute atomic E-state index is 6.15. The lowest BCUT2D eigenvalue weighted by atomic mass is 9.90. The van der Waals surface area contributed by atoms with E-state index < -0.39 is 0 Å². The van der Waals surface area contributed by atoms with Gasteiger partial charge in [-0.1, -0.05) is 18.5 Å². The molecule has 17 heavy (non-hydrogen) atoms. The minimum absolute atomic E-state index is 0.142. The first kappa shape index (κ1) is 15.0. The summed E-state index contributed by atoms with van der Waals surface area (Å²) in [7, 11) is 1.99. The number of rotatable bonds is 7.